The molecule has 0 aliphatic heterocycles. The highest BCUT2D eigenvalue weighted by molar-refractivity contribution is 6.18. The summed E-state index contributed by atoms with van der Waals surface area (Å²) in [5.74, 6) is -5.50. The Morgan fingerprint density at radius 1 is 0.538 bits per heavy atom. The number of hydrogen-bond donors (Lipinski definition) is 2. The van der Waals surface area contributed by atoms with Crippen LogP contribution in [0.25, 0.3) is 0 Å². The summed E-state index contributed by atoms with van der Waals surface area (Å²) in [7, 11) is 0. The van der Waals surface area contributed by atoms with Gasteiger partial charge in [0.2, 0.25) is 11.8 Å². The zero-order valence-electron chi connectivity index (χ0n) is 15.8. The van der Waals surface area contributed by atoms with Crippen molar-refractivity contribution < 1.29 is 28.8 Å². The molecule has 0 saturated heterocycles. The van der Waals surface area contributed by atoms with Gasteiger partial charge in [-0.15, -0.1) is 0 Å². The van der Waals surface area contributed by atoms with Gasteiger partial charge in [0.05, 0.1) is 0 Å². The van der Waals surface area contributed by atoms with Crippen LogP contribution in [-0.4, -0.2) is 48.0 Å². The van der Waals surface area contributed by atoms with Crippen molar-refractivity contribution >= 4 is 34.9 Å². The lowest BCUT2D eigenvalue weighted by molar-refractivity contribution is -0.141. The molecule has 8 nitrogen and oxygen atoms in total. The van der Waals surface area contributed by atoms with Gasteiger partial charge in [-0.1, -0.05) is 12.8 Å². The van der Waals surface area contributed by atoms with E-state index in [2.05, 4.69) is 10.6 Å². The van der Waals surface area contributed by atoms with Gasteiger partial charge in [-0.05, 0) is 40.5 Å². The fourth-order valence-corrected chi connectivity index (χ4v) is 2.54. The molecule has 0 spiro atoms. The summed E-state index contributed by atoms with van der Waals surface area (Å²) in [4.78, 5) is 68.6. The number of carbonyl (C=O) groups excluding carboxylic acids is 6. The minimum atomic E-state index is -1.24. The number of ketones is 4. The van der Waals surface area contributed by atoms with Gasteiger partial charge < -0.3 is 10.6 Å². The van der Waals surface area contributed by atoms with Crippen LogP contribution in [0.5, 0.6) is 0 Å². The molecule has 0 atom stereocenters. The van der Waals surface area contributed by atoms with E-state index in [-0.39, 0.29) is 0 Å². The first-order valence-corrected chi connectivity index (χ1v) is 8.66. The first-order valence-electron chi connectivity index (χ1n) is 8.66. The second-order valence-electron chi connectivity index (χ2n) is 6.30. The van der Waals surface area contributed by atoms with Crippen LogP contribution in [0, 0.1) is 11.8 Å². The number of hydrogen-bond acceptors (Lipinski definition) is 6. The van der Waals surface area contributed by atoms with Crippen LogP contribution in [0.3, 0.4) is 0 Å². The molecule has 0 aliphatic carbocycles. The molecule has 0 rings (SSSR count). The average Bonchev–Trinajstić information content (AvgIpc) is 2.48. The number of nitrogens with one attached hydrogen (secondary N) is 2. The van der Waals surface area contributed by atoms with Crippen molar-refractivity contribution in [2.24, 2.45) is 11.8 Å². The predicted molar refractivity (Wildman–Crippen MR) is 94.2 cm³/mol. The number of carbonyl (C=O) groups is 6. The molecule has 0 fully saturated rings. The van der Waals surface area contributed by atoms with Crippen LogP contribution in [0.4, 0.5) is 0 Å². The Kier molecular flexibility index (Phi) is 10.9. The van der Waals surface area contributed by atoms with Crippen molar-refractivity contribution in [1.82, 2.24) is 10.6 Å². The Hall–Kier alpha value is -2.38. The second kappa shape index (κ2) is 12.1. The van der Waals surface area contributed by atoms with Crippen molar-refractivity contribution in [3.8, 4) is 0 Å². The van der Waals surface area contributed by atoms with Gasteiger partial charge in [0.25, 0.3) is 0 Å². The quantitative estimate of drug-likeness (QED) is 0.357. The third kappa shape index (κ3) is 8.64. The zero-order chi connectivity index (χ0) is 20.3. The molecule has 0 aromatic rings. The van der Waals surface area contributed by atoms with E-state index in [1.54, 1.807) is 0 Å². The van der Waals surface area contributed by atoms with E-state index in [4.69, 9.17) is 0 Å². The van der Waals surface area contributed by atoms with Crippen LogP contribution < -0.4 is 10.6 Å². The Labute approximate surface area is 153 Å². The Morgan fingerprint density at radius 3 is 1.04 bits per heavy atom. The molecular formula is C18H28N2O6. The highest BCUT2D eigenvalue weighted by atomic mass is 16.2. The molecule has 8 heteroatoms. The van der Waals surface area contributed by atoms with Crippen molar-refractivity contribution in [3.63, 3.8) is 0 Å². The number of unbranched alkanes of at least 4 members (excludes halogenated alkanes) is 3. The van der Waals surface area contributed by atoms with Crippen molar-refractivity contribution in [2.45, 2.75) is 53.4 Å². The summed E-state index contributed by atoms with van der Waals surface area (Å²) in [6, 6.07) is 0. The number of amides is 2. The van der Waals surface area contributed by atoms with E-state index in [9.17, 15) is 28.8 Å². The monoisotopic (exact) mass is 368 g/mol. The third-order valence-corrected chi connectivity index (χ3v) is 3.85. The Balaban J connectivity index is 3.92. The molecule has 26 heavy (non-hydrogen) atoms. The molecule has 0 radical (unpaired) electrons. The van der Waals surface area contributed by atoms with E-state index in [1.807, 2.05) is 0 Å². The molecule has 0 bridgehead atoms. The Bertz CT molecular complexity index is 492. The molecular weight excluding hydrogens is 340 g/mol. The standard InChI is InChI=1S/C18H28N2O6/c1-11(21)15(12(2)22)17(25)19-9-7-5-6-8-10-20-18(26)16(13(3)23)14(4)24/h15-16H,5-10H2,1-4H3,(H,19,25)(H,20,26). The molecule has 0 unspecified atom stereocenters. The van der Waals surface area contributed by atoms with Gasteiger partial charge in [-0.25, -0.2) is 0 Å². The minimum absolute atomic E-state index is 0.360. The van der Waals surface area contributed by atoms with Gasteiger partial charge in [-0.2, -0.15) is 0 Å². The Morgan fingerprint density at radius 2 is 0.808 bits per heavy atom. The topological polar surface area (TPSA) is 126 Å². The normalized spacial score (nSPS) is 10.5. The van der Waals surface area contributed by atoms with Crippen molar-refractivity contribution in [2.75, 3.05) is 13.1 Å². The lowest BCUT2D eigenvalue weighted by Gasteiger charge is -2.12. The van der Waals surface area contributed by atoms with E-state index >= 15 is 0 Å². The van der Waals surface area contributed by atoms with E-state index in [1.165, 1.54) is 27.7 Å². The number of Topliss-reactive ketones (excluding diaryl/α,β-unsaturated/α-hetero) is 4. The maximum absolute atomic E-state index is 11.8. The molecule has 0 aromatic carbocycles. The van der Waals surface area contributed by atoms with Crippen LogP contribution in [-0.2, 0) is 28.8 Å². The fourth-order valence-electron chi connectivity index (χ4n) is 2.54. The van der Waals surface area contributed by atoms with Gasteiger partial charge >= 0.3 is 0 Å². The van der Waals surface area contributed by atoms with Crippen LogP contribution in [0.2, 0.25) is 0 Å². The molecule has 0 aromatic heterocycles. The summed E-state index contributed by atoms with van der Waals surface area (Å²) < 4.78 is 0. The highest BCUT2D eigenvalue weighted by Crippen LogP contribution is 2.03. The van der Waals surface area contributed by atoms with Crippen LogP contribution in [0.1, 0.15) is 53.4 Å². The average molecular weight is 368 g/mol. The molecule has 0 heterocycles. The predicted octanol–water partition coefficient (Wildman–Crippen LogP) is 0.368. The second-order valence-corrected chi connectivity index (χ2v) is 6.30. The molecule has 146 valence electrons. The molecule has 0 saturated carbocycles. The molecule has 2 N–H and O–H groups in total. The van der Waals surface area contributed by atoms with E-state index in [0.717, 1.165) is 12.8 Å². The maximum atomic E-state index is 11.8. The lowest BCUT2D eigenvalue weighted by Crippen LogP contribution is -2.39. The SMILES string of the molecule is CC(=O)C(C(C)=O)C(=O)NCCCCCCNC(=O)C(C(C)=O)C(C)=O. The summed E-state index contributed by atoms with van der Waals surface area (Å²) in [5.41, 5.74) is 0. The zero-order valence-corrected chi connectivity index (χ0v) is 15.8. The van der Waals surface area contributed by atoms with Gasteiger partial charge in [0.1, 0.15) is 23.1 Å². The third-order valence-electron chi connectivity index (χ3n) is 3.85. The molecule has 2 amide bonds. The lowest BCUT2D eigenvalue weighted by atomic mass is 10.00. The van der Waals surface area contributed by atoms with Crippen molar-refractivity contribution in [3.05, 3.63) is 0 Å². The summed E-state index contributed by atoms with van der Waals surface area (Å²) in [6.45, 7) is 5.56. The smallest absolute Gasteiger partial charge is 0.238 e. The van der Waals surface area contributed by atoms with Crippen LogP contribution >= 0.6 is 0 Å². The minimum Gasteiger partial charge on any atom is -0.355 e. The molecule has 0 aliphatic rings. The van der Waals surface area contributed by atoms with E-state index < -0.39 is 46.8 Å². The number of rotatable bonds is 13. The first-order chi connectivity index (χ1) is 12.1. The summed E-state index contributed by atoms with van der Waals surface area (Å²) >= 11 is 0. The highest BCUT2D eigenvalue weighted by Gasteiger charge is 2.28. The van der Waals surface area contributed by atoms with E-state index in [0.29, 0.717) is 25.9 Å². The van der Waals surface area contributed by atoms with Gasteiger partial charge in [-0.3, -0.25) is 28.8 Å². The first kappa shape index (κ1) is 23.6. The van der Waals surface area contributed by atoms with Gasteiger partial charge in [0, 0.05) is 13.1 Å². The largest absolute Gasteiger partial charge is 0.355 e. The summed E-state index contributed by atoms with van der Waals surface area (Å²) in [6.07, 6.45) is 2.91. The fraction of sp³-hybridized carbons (Fsp3) is 0.667. The maximum Gasteiger partial charge on any atom is 0.238 e. The van der Waals surface area contributed by atoms with Crippen molar-refractivity contribution in [1.29, 1.82) is 0 Å². The summed E-state index contributed by atoms with van der Waals surface area (Å²) in [5, 5.41) is 5.14. The van der Waals surface area contributed by atoms with Crippen LogP contribution in [0.15, 0.2) is 0 Å². The van der Waals surface area contributed by atoms with Gasteiger partial charge in [0.15, 0.2) is 11.8 Å².